The number of aryl methyl sites for hydroxylation is 1. The second kappa shape index (κ2) is 6.92. The summed E-state index contributed by atoms with van der Waals surface area (Å²) < 4.78 is 4.86. The highest BCUT2D eigenvalue weighted by Crippen LogP contribution is 2.08. The van der Waals surface area contributed by atoms with E-state index < -0.39 is 0 Å². The van der Waals surface area contributed by atoms with Crippen molar-refractivity contribution in [2.45, 2.75) is 46.6 Å². The Hall–Kier alpha value is -1.85. The number of carbonyl (C=O) groups excluding carboxylic acids is 2. The highest BCUT2D eigenvalue weighted by Gasteiger charge is 2.19. The van der Waals surface area contributed by atoms with Gasteiger partial charge in [-0.15, -0.1) is 0 Å². The zero-order valence-corrected chi connectivity index (χ0v) is 11.9. The largest absolute Gasteiger partial charge is 0.360 e. The molecule has 6 nitrogen and oxygen atoms in total. The predicted molar refractivity (Wildman–Crippen MR) is 71.6 cm³/mol. The Balaban J connectivity index is 2.59. The molecule has 0 aliphatic carbocycles. The molecule has 2 amide bonds. The number of hydrogen-bond acceptors (Lipinski definition) is 4. The summed E-state index contributed by atoms with van der Waals surface area (Å²) in [4.78, 5) is 25.3. The summed E-state index contributed by atoms with van der Waals surface area (Å²) in [7, 11) is 0. The Morgan fingerprint density at radius 2 is 2.16 bits per heavy atom. The van der Waals surface area contributed by atoms with Gasteiger partial charge >= 0.3 is 0 Å². The van der Waals surface area contributed by atoms with Crippen LogP contribution in [0.2, 0.25) is 0 Å². The molecule has 0 radical (unpaired) electrons. The molecule has 19 heavy (non-hydrogen) atoms. The molecular weight excluding hydrogens is 246 g/mol. The van der Waals surface area contributed by atoms with E-state index in [2.05, 4.69) is 10.5 Å². The topological polar surface area (TPSA) is 75.4 Å². The molecule has 106 valence electrons. The molecule has 0 fully saturated rings. The Labute approximate surface area is 113 Å². The van der Waals surface area contributed by atoms with Crippen LogP contribution in [0, 0.1) is 6.92 Å². The van der Waals surface area contributed by atoms with Gasteiger partial charge in [-0.3, -0.25) is 9.59 Å². The molecular formula is C13H21N3O3. The van der Waals surface area contributed by atoms with E-state index in [9.17, 15) is 9.59 Å². The van der Waals surface area contributed by atoms with Gasteiger partial charge in [0.15, 0.2) is 5.82 Å². The fourth-order valence-corrected chi connectivity index (χ4v) is 1.68. The van der Waals surface area contributed by atoms with Crippen LogP contribution >= 0.6 is 0 Å². The third-order valence-electron chi connectivity index (χ3n) is 2.62. The van der Waals surface area contributed by atoms with Crippen LogP contribution in [0.25, 0.3) is 0 Å². The molecule has 0 atom stereocenters. The number of aromatic nitrogens is 1. The lowest BCUT2D eigenvalue weighted by atomic mass is 10.2. The molecule has 0 aromatic carbocycles. The first kappa shape index (κ1) is 15.2. The number of anilines is 1. The van der Waals surface area contributed by atoms with Crippen molar-refractivity contribution in [2.24, 2.45) is 0 Å². The van der Waals surface area contributed by atoms with Crippen molar-refractivity contribution in [1.82, 2.24) is 10.1 Å². The second-order valence-electron chi connectivity index (χ2n) is 4.74. The van der Waals surface area contributed by atoms with Crippen LogP contribution in [0.15, 0.2) is 10.6 Å². The molecule has 6 heteroatoms. The summed E-state index contributed by atoms with van der Waals surface area (Å²) in [5.41, 5.74) is 0. The molecule has 0 saturated heterocycles. The normalized spacial score (nSPS) is 10.6. The number of nitrogens with zero attached hydrogens (tertiary/aromatic N) is 2. The highest BCUT2D eigenvalue weighted by molar-refractivity contribution is 5.93. The maximum absolute atomic E-state index is 11.9. The van der Waals surface area contributed by atoms with E-state index in [4.69, 9.17) is 4.52 Å². The first-order valence-electron chi connectivity index (χ1n) is 6.46. The lowest BCUT2D eigenvalue weighted by molar-refractivity contribution is -0.136. The Morgan fingerprint density at radius 1 is 1.47 bits per heavy atom. The molecule has 0 saturated carbocycles. The molecule has 0 bridgehead atoms. The smallest absolute Gasteiger partial charge is 0.245 e. The summed E-state index contributed by atoms with van der Waals surface area (Å²) in [6, 6.07) is 1.62. The van der Waals surface area contributed by atoms with E-state index in [0.717, 1.165) is 6.42 Å². The van der Waals surface area contributed by atoms with E-state index in [1.807, 2.05) is 20.8 Å². The van der Waals surface area contributed by atoms with E-state index in [1.165, 1.54) is 0 Å². The van der Waals surface area contributed by atoms with Crippen molar-refractivity contribution in [3.8, 4) is 0 Å². The summed E-state index contributed by atoms with van der Waals surface area (Å²) in [6.45, 7) is 7.49. The van der Waals surface area contributed by atoms with E-state index >= 15 is 0 Å². The molecule has 1 heterocycles. The Morgan fingerprint density at radius 3 is 2.63 bits per heavy atom. The molecule has 1 N–H and O–H groups in total. The average molecular weight is 267 g/mol. The van der Waals surface area contributed by atoms with E-state index in [0.29, 0.717) is 18.0 Å². The third-order valence-corrected chi connectivity index (χ3v) is 2.62. The predicted octanol–water partition coefficient (Wildman–Crippen LogP) is 1.96. The van der Waals surface area contributed by atoms with Gasteiger partial charge in [-0.05, 0) is 27.2 Å². The quantitative estimate of drug-likeness (QED) is 0.854. The van der Waals surface area contributed by atoms with Gasteiger partial charge < -0.3 is 14.7 Å². The standard InChI is InChI=1S/C13H21N3O3/c1-5-6-13(18)16(9(2)3)8-12(17)14-11-7-10(4)19-15-11/h7,9H,5-6,8H2,1-4H3,(H,14,15,17). The minimum atomic E-state index is -0.272. The first-order chi connectivity index (χ1) is 8.93. The molecule has 0 aliphatic heterocycles. The lowest BCUT2D eigenvalue weighted by Gasteiger charge is -2.25. The van der Waals surface area contributed by atoms with Gasteiger partial charge in [0.1, 0.15) is 12.3 Å². The number of carbonyl (C=O) groups is 2. The molecule has 0 spiro atoms. The van der Waals surface area contributed by atoms with Crippen molar-refractivity contribution < 1.29 is 14.1 Å². The number of nitrogens with one attached hydrogen (secondary N) is 1. The van der Waals surface area contributed by atoms with Crippen LogP contribution < -0.4 is 5.32 Å². The van der Waals surface area contributed by atoms with Crippen molar-refractivity contribution >= 4 is 17.6 Å². The molecule has 0 unspecified atom stereocenters. The highest BCUT2D eigenvalue weighted by atomic mass is 16.5. The van der Waals surface area contributed by atoms with Crippen LogP contribution in [0.4, 0.5) is 5.82 Å². The van der Waals surface area contributed by atoms with Gasteiger partial charge in [-0.1, -0.05) is 12.1 Å². The van der Waals surface area contributed by atoms with Crippen LogP contribution in [0.1, 0.15) is 39.4 Å². The summed E-state index contributed by atoms with van der Waals surface area (Å²) in [5, 5.41) is 6.29. The SMILES string of the molecule is CCCC(=O)N(CC(=O)Nc1cc(C)on1)C(C)C. The lowest BCUT2D eigenvalue weighted by Crippen LogP contribution is -2.42. The first-order valence-corrected chi connectivity index (χ1v) is 6.46. The van der Waals surface area contributed by atoms with Crippen molar-refractivity contribution in [2.75, 3.05) is 11.9 Å². The number of amides is 2. The van der Waals surface area contributed by atoms with Gasteiger partial charge in [-0.2, -0.15) is 0 Å². The maximum atomic E-state index is 11.9. The summed E-state index contributed by atoms with van der Waals surface area (Å²) >= 11 is 0. The van der Waals surface area contributed by atoms with Crippen LogP contribution in [0.3, 0.4) is 0 Å². The van der Waals surface area contributed by atoms with Crippen LogP contribution in [-0.4, -0.2) is 34.5 Å². The zero-order chi connectivity index (χ0) is 14.4. The second-order valence-corrected chi connectivity index (χ2v) is 4.74. The fourth-order valence-electron chi connectivity index (χ4n) is 1.68. The fraction of sp³-hybridized carbons (Fsp3) is 0.615. The third kappa shape index (κ3) is 4.73. The molecule has 0 aliphatic rings. The summed E-state index contributed by atoms with van der Waals surface area (Å²) in [6.07, 6.45) is 1.22. The van der Waals surface area contributed by atoms with Gasteiger partial charge in [0.05, 0.1) is 0 Å². The van der Waals surface area contributed by atoms with E-state index in [-0.39, 0.29) is 24.4 Å². The van der Waals surface area contributed by atoms with Crippen LogP contribution in [0.5, 0.6) is 0 Å². The molecule has 1 aromatic heterocycles. The average Bonchev–Trinajstić information content (AvgIpc) is 2.71. The van der Waals surface area contributed by atoms with Crippen molar-refractivity contribution in [3.05, 3.63) is 11.8 Å². The molecule has 1 aromatic rings. The Kier molecular flexibility index (Phi) is 5.54. The Bertz CT molecular complexity index is 440. The van der Waals surface area contributed by atoms with E-state index in [1.54, 1.807) is 17.9 Å². The number of rotatable bonds is 6. The minimum absolute atomic E-state index is 0.0102. The van der Waals surface area contributed by atoms with Gasteiger partial charge in [0, 0.05) is 18.5 Å². The maximum Gasteiger partial charge on any atom is 0.245 e. The van der Waals surface area contributed by atoms with Crippen molar-refractivity contribution in [3.63, 3.8) is 0 Å². The van der Waals surface area contributed by atoms with Gasteiger partial charge in [0.2, 0.25) is 11.8 Å². The molecule has 1 rings (SSSR count). The monoisotopic (exact) mass is 267 g/mol. The summed E-state index contributed by atoms with van der Waals surface area (Å²) in [5.74, 6) is 0.711. The zero-order valence-electron chi connectivity index (χ0n) is 11.9. The van der Waals surface area contributed by atoms with Crippen molar-refractivity contribution in [1.29, 1.82) is 0 Å². The number of hydrogen-bond donors (Lipinski definition) is 1. The van der Waals surface area contributed by atoms with Gasteiger partial charge in [0.25, 0.3) is 0 Å². The minimum Gasteiger partial charge on any atom is -0.360 e. The van der Waals surface area contributed by atoms with Crippen LogP contribution in [-0.2, 0) is 9.59 Å². The van der Waals surface area contributed by atoms with Gasteiger partial charge in [-0.25, -0.2) is 0 Å².